The lowest BCUT2D eigenvalue weighted by atomic mass is 10.1. The molecule has 4 nitrogen and oxygen atoms in total. The van der Waals surface area contributed by atoms with Gasteiger partial charge in [0.2, 0.25) is 5.91 Å². The maximum Gasteiger partial charge on any atom is 0.242 e. The van der Waals surface area contributed by atoms with Crippen molar-refractivity contribution in [2.45, 2.75) is 13.0 Å². The zero-order valence-corrected chi connectivity index (χ0v) is 11.0. The minimum absolute atomic E-state index is 0.0229. The molecule has 0 spiro atoms. The summed E-state index contributed by atoms with van der Waals surface area (Å²) < 4.78 is 0.852. The maximum absolute atomic E-state index is 11.6. The molecule has 0 aromatic heterocycles. The number of nitrogens with one attached hydrogen (secondary N) is 1. The molecule has 1 aliphatic heterocycles. The number of benzene rings is 1. The predicted molar refractivity (Wildman–Crippen MR) is 68.7 cm³/mol. The first-order valence-electron chi connectivity index (χ1n) is 5.37. The summed E-state index contributed by atoms with van der Waals surface area (Å²) >= 11 is 3.38. The molecule has 0 bridgehead atoms. The molecule has 1 N–H and O–H groups in total. The van der Waals surface area contributed by atoms with Crippen molar-refractivity contribution in [2.24, 2.45) is 0 Å². The Bertz CT molecular complexity index is 495. The molecule has 1 atom stereocenters. The van der Waals surface area contributed by atoms with Gasteiger partial charge in [0.15, 0.2) is 0 Å². The third kappa shape index (κ3) is 2.42. The molecular weight excluding hydrogens is 282 g/mol. The Labute approximate surface area is 108 Å². The highest BCUT2D eigenvalue weighted by atomic mass is 79.9. The van der Waals surface area contributed by atoms with E-state index in [9.17, 15) is 4.79 Å². The molecule has 17 heavy (non-hydrogen) atoms. The van der Waals surface area contributed by atoms with Gasteiger partial charge in [-0.25, -0.2) is 0 Å². The van der Waals surface area contributed by atoms with Crippen LogP contribution in [0.15, 0.2) is 22.7 Å². The first-order valence-corrected chi connectivity index (χ1v) is 6.16. The molecule has 2 rings (SSSR count). The Hall–Kier alpha value is -1.54. The van der Waals surface area contributed by atoms with Crippen molar-refractivity contribution >= 4 is 27.5 Å². The molecule has 0 aliphatic carbocycles. The van der Waals surface area contributed by atoms with Crippen LogP contribution in [0.5, 0.6) is 0 Å². The van der Waals surface area contributed by atoms with Crippen LogP contribution < -0.4 is 10.2 Å². The molecule has 1 heterocycles. The van der Waals surface area contributed by atoms with Crippen LogP contribution in [0.25, 0.3) is 0 Å². The second-order valence-electron chi connectivity index (χ2n) is 3.97. The van der Waals surface area contributed by atoms with Crippen LogP contribution in [-0.2, 0) is 4.79 Å². The van der Waals surface area contributed by atoms with E-state index in [1.807, 2.05) is 17.9 Å². The van der Waals surface area contributed by atoms with Gasteiger partial charge in [-0.05, 0) is 25.1 Å². The van der Waals surface area contributed by atoms with Crippen LogP contribution in [0.3, 0.4) is 0 Å². The van der Waals surface area contributed by atoms with Crippen molar-refractivity contribution in [3.05, 3.63) is 28.2 Å². The Balaban J connectivity index is 2.36. The van der Waals surface area contributed by atoms with Gasteiger partial charge < -0.3 is 10.2 Å². The lowest BCUT2D eigenvalue weighted by Crippen LogP contribution is -2.54. The number of carbonyl (C=O) groups excluding carboxylic acids is 1. The van der Waals surface area contributed by atoms with Crippen molar-refractivity contribution in [1.82, 2.24) is 5.32 Å². The van der Waals surface area contributed by atoms with Crippen LogP contribution in [0.2, 0.25) is 0 Å². The Kier molecular flexibility index (Phi) is 3.34. The maximum atomic E-state index is 11.6. The second-order valence-corrected chi connectivity index (χ2v) is 4.89. The van der Waals surface area contributed by atoms with Crippen LogP contribution in [0.4, 0.5) is 5.69 Å². The molecule has 1 aromatic carbocycles. The smallest absolute Gasteiger partial charge is 0.242 e. The summed E-state index contributed by atoms with van der Waals surface area (Å²) in [6.07, 6.45) is 0. The SMILES string of the molecule is CC1C(=O)NCCN1c1cc(Br)cc(C#N)c1. The molecule has 0 radical (unpaired) electrons. The molecular formula is C12H12BrN3O. The van der Waals surface area contributed by atoms with E-state index in [0.717, 1.165) is 16.7 Å². The summed E-state index contributed by atoms with van der Waals surface area (Å²) in [4.78, 5) is 13.6. The minimum Gasteiger partial charge on any atom is -0.358 e. The van der Waals surface area contributed by atoms with E-state index >= 15 is 0 Å². The number of halogens is 1. The summed E-state index contributed by atoms with van der Waals surface area (Å²) in [5.41, 5.74) is 1.49. The van der Waals surface area contributed by atoms with Gasteiger partial charge in [0.1, 0.15) is 6.04 Å². The zero-order valence-electron chi connectivity index (χ0n) is 9.40. The minimum atomic E-state index is -0.204. The average molecular weight is 294 g/mol. The van der Waals surface area contributed by atoms with Gasteiger partial charge in [-0.3, -0.25) is 4.79 Å². The number of amides is 1. The highest BCUT2D eigenvalue weighted by Crippen LogP contribution is 2.25. The van der Waals surface area contributed by atoms with Crippen LogP contribution in [-0.4, -0.2) is 25.0 Å². The highest BCUT2D eigenvalue weighted by Gasteiger charge is 2.25. The molecule has 5 heteroatoms. The standard InChI is InChI=1S/C12H12BrN3O/c1-8-12(17)15-2-3-16(8)11-5-9(7-14)4-10(13)6-11/h4-6,8H,2-3H2,1H3,(H,15,17). The monoisotopic (exact) mass is 293 g/mol. The number of carbonyl (C=O) groups is 1. The first-order chi connectivity index (χ1) is 8.11. The zero-order chi connectivity index (χ0) is 12.4. The molecule has 1 fully saturated rings. The van der Waals surface area contributed by atoms with E-state index in [-0.39, 0.29) is 11.9 Å². The highest BCUT2D eigenvalue weighted by molar-refractivity contribution is 9.10. The Morgan fingerprint density at radius 3 is 3.00 bits per heavy atom. The number of nitrogens with zero attached hydrogens (tertiary/aromatic N) is 2. The Morgan fingerprint density at radius 1 is 1.53 bits per heavy atom. The van der Waals surface area contributed by atoms with Crippen LogP contribution in [0.1, 0.15) is 12.5 Å². The molecule has 1 saturated heterocycles. The van der Waals surface area contributed by atoms with Gasteiger partial charge in [0.05, 0.1) is 11.6 Å². The number of hydrogen-bond donors (Lipinski definition) is 1. The van der Waals surface area contributed by atoms with Crippen molar-refractivity contribution in [1.29, 1.82) is 5.26 Å². The lowest BCUT2D eigenvalue weighted by Gasteiger charge is -2.34. The summed E-state index contributed by atoms with van der Waals surface area (Å²) in [5, 5.41) is 11.8. The van der Waals surface area contributed by atoms with Crippen molar-refractivity contribution in [3.8, 4) is 6.07 Å². The fourth-order valence-corrected chi connectivity index (χ4v) is 2.42. The van der Waals surface area contributed by atoms with Gasteiger partial charge >= 0.3 is 0 Å². The van der Waals surface area contributed by atoms with E-state index < -0.39 is 0 Å². The normalized spacial score (nSPS) is 19.7. The molecule has 88 valence electrons. The number of hydrogen-bond acceptors (Lipinski definition) is 3. The van der Waals surface area contributed by atoms with Crippen molar-refractivity contribution in [2.75, 3.05) is 18.0 Å². The van der Waals surface area contributed by atoms with Gasteiger partial charge in [-0.1, -0.05) is 15.9 Å². The third-order valence-electron chi connectivity index (χ3n) is 2.84. The van der Waals surface area contributed by atoms with Gasteiger partial charge in [0, 0.05) is 23.2 Å². The molecule has 1 amide bonds. The van der Waals surface area contributed by atoms with Gasteiger partial charge in [-0.2, -0.15) is 5.26 Å². The topological polar surface area (TPSA) is 56.1 Å². The third-order valence-corrected chi connectivity index (χ3v) is 3.30. The van der Waals surface area contributed by atoms with Gasteiger partial charge in [0.25, 0.3) is 0 Å². The first kappa shape index (κ1) is 11.9. The largest absolute Gasteiger partial charge is 0.358 e. The lowest BCUT2D eigenvalue weighted by molar-refractivity contribution is -0.122. The van der Waals surface area contributed by atoms with Gasteiger partial charge in [-0.15, -0.1) is 0 Å². The van der Waals surface area contributed by atoms with Crippen molar-refractivity contribution in [3.63, 3.8) is 0 Å². The molecule has 1 unspecified atom stereocenters. The Morgan fingerprint density at radius 2 is 2.29 bits per heavy atom. The van der Waals surface area contributed by atoms with E-state index in [0.29, 0.717) is 12.1 Å². The summed E-state index contributed by atoms with van der Waals surface area (Å²) in [7, 11) is 0. The number of rotatable bonds is 1. The number of anilines is 1. The van der Waals surface area contributed by atoms with E-state index in [1.54, 1.807) is 12.1 Å². The quantitative estimate of drug-likeness (QED) is 0.856. The molecule has 1 aromatic rings. The van der Waals surface area contributed by atoms with E-state index in [1.165, 1.54) is 0 Å². The number of piperazine rings is 1. The molecule has 0 saturated carbocycles. The van der Waals surface area contributed by atoms with E-state index in [2.05, 4.69) is 27.3 Å². The fraction of sp³-hybridized carbons (Fsp3) is 0.333. The van der Waals surface area contributed by atoms with E-state index in [4.69, 9.17) is 5.26 Å². The van der Waals surface area contributed by atoms with Crippen LogP contribution >= 0.6 is 15.9 Å². The van der Waals surface area contributed by atoms with Crippen LogP contribution in [0, 0.1) is 11.3 Å². The van der Waals surface area contributed by atoms with Crippen molar-refractivity contribution < 1.29 is 4.79 Å². The molecule has 1 aliphatic rings. The summed E-state index contributed by atoms with van der Waals surface area (Å²) in [6.45, 7) is 3.26. The number of nitriles is 1. The summed E-state index contributed by atoms with van der Waals surface area (Å²) in [6, 6.07) is 7.41. The average Bonchev–Trinajstić information content (AvgIpc) is 2.31. The fourth-order valence-electron chi connectivity index (χ4n) is 1.94. The predicted octanol–water partition coefficient (Wildman–Crippen LogP) is 1.65. The second kappa shape index (κ2) is 4.76. The summed E-state index contributed by atoms with van der Waals surface area (Å²) in [5.74, 6) is 0.0229.